The van der Waals surface area contributed by atoms with Gasteiger partial charge in [-0.25, -0.2) is 0 Å². The van der Waals surface area contributed by atoms with E-state index in [1.165, 1.54) is 11.3 Å². The molecule has 4 nitrogen and oxygen atoms in total. The number of anilines is 2. The number of nitrogen functional groups attached to an aromatic ring is 1. The van der Waals surface area contributed by atoms with Crippen molar-refractivity contribution in [3.05, 3.63) is 23.3 Å². The van der Waals surface area contributed by atoms with Gasteiger partial charge in [-0.05, 0) is 62.8 Å². The second-order valence-corrected chi connectivity index (χ2v) is 6.96. The Labute approximate surface area is 127 Å². The molecule has 2 atom stereocenters. The van der Waals surface area contributed by atoms with Gasteiger partial charge in [0.25, 0.3) is 0 Å². The van der Waals surface area contributed by atoms with Gasteiger partial charge in [-0.1, -0.05) is 6.92 Å². The normalized spacial score (nSPS) is 22.0. The molecule has 1 heterocycles. The number of rotatable bonds is 4. The zero-order chi connectivity index (χ0) is 15.8. The number of benzene rings is 1. The maximum absolute atomic E-state index is 9.66. The zero-order valence-corrected chi connectivity index (χ0v) is 13.6. The number of nitrogens with two attached hydrogens (primary N) is 1. The van der Waals surface area contributed by atoms with E-state index >= 15 is 0 Å². The van der Waals surface area contributed by atoms with E-state index < -0.39 is 6.10 Å². The van der Waals surface area contributed by atoms with Crippen molar-refractivity contribution in [3.8, 4) is 0 Å². The fraction of sp³-hybridized carbons (Fsp3) is 0.647. The minimum absolute atomic E-state index is 0.0319. The summed E-state index contributed by atoms with van der Waals surface area (Å²) in [6.45, 7) is 9.31. The van der Waals surface area contributed by atoms with E-state index in [9.17, 15) is 5.11 Å². The Kier molecular flexibility index (Phi) is 4.49. The van der Waals surface area contributed by atoms with Gasteiger partial charge in [-0.15, -0.1) is 0 Å². The van der Waals surface area contributed by atoms with Crippen molar-refractivity contribution in [3.63, 3.8) is 0 Å². The highest BCUT2D eigenvalue weighted by molar-refractivity contribution is 5.67. The molecule has 4 N–H and O–H groups in total. The second kappa shape index (κ2) is 5.85. The van der Waals surface area contributed by atoms with Gasteiger partial charge >= 0.3 is 0 Å². The largest absolute Gasteiger partial charge is 0.399 e. The highest BCUT2D eigenvalue weighted by Gasteiger charge is 2.36. The van der Waals surface area contributed by atoms with E-state index in [0.717, 1.165) is 24.2 Å². The van der Waals surface area contributed by atoms with Crippen LogP contribution in [0.4, 0.5) is 11.4 Å². The summed E-state index contributed by atoms with van der Waals surface area (Å²) < 4.78 is 0. The Hall–Kier alpha value is -1.26. The first-order valence-corrected chi connectivity index (χ1v) is 7.73. The lowest BCUT2D eigenvalue weighted by Crippen LogP contribution is -2.49. The first kappa shape index (κ1) is 16.1. The standard InChI is InChI=1S/C17H28N2O2/c1-11-7-16-14(8-15(11)18)12(2)9-17(3,4)19(16)6-5-13(21)10-20/h7-8,12-13,20-21H,5-6,9-10,18H2,1-4H3. The highest BCUT2D eigenvalue weighted by Crippen LogP contribution is 2.44. The van der Waals surface area contributed by atoms with Gasteiger partial charge < -0.3 is 20.8 Å². The maximum Gasteiger partial charge on any atom is 0.0787 e. The maximum atomic E-state index is 9.66. The summed E-state index contributed by atoms with van der Waals surface area (Å²) in [6, 6.07) is 4.26. The first-order chi connectivity index (χ1) is 9.76. The Morgan fingerprint density at radius 1 is 1.43 bits per heavy atom. The number of aryl methyl sites for hydroxylation is 1. The lowest BCUT2D eigenvalue weighted by molar-refractivity contribution is 0.0884. The third-order valence-corrected chi connectivity index (χ3v) is 4.67. The van der Waals surface area contributed by atoms with Crippen molar-refractivity contribution in [2.45, 2.75) is 58.1 Å². The Morgan fingerprint density at radius 3 is 2.71 bits per heavy atom. The van der Waals surface area contributed by atoms with Crippen molar-refractivity contribution in [1.29, 1.82) is 0 Å². The van der Waals surface area contributed by atoms with E-state index in [1.807, 2.05) is 6.92 Å². The molecule has 0 saturated heterocycles. The molecular formula is C17H28N2O2. The van der Waals surface area contributed by atoms with Crippen LogP contribution in [0.25, 0.3) is 0 Å². The van der Waals surface area contributed by atoms with Crippen molar-refractivity contribution < 1.29 is 10.2 Å². The fourth-order valence-electron chi connectivity index (χ4n) is 3.44. The van der Waals surface area contributed by atoms with Gasteiger partial charge in [-0.3, -0.25) is 0 Å². The van der Waals surface area contributed by atoms with Gasteiger partial charge in [0.05, 0.1) is 12.7 Å². The summed E-state index contributed by atoms with van der Waals surface area (Å²) in [5, 5.41) is 18.7. The number of aliphatic hydroxyl groups excluding tert-OH is 2. The van der Waals surface area contributed by atoms with Crippen LogP contribution in [0.1, 0.15) is 50.7 Å². The molecule has 0 bridgehead atoms. The zero-order valence-electron chi connectivity index (χ0n) is 13.6. The smallest absolute Gasteiger partial charge is 0.0787 e. The second-order valence-electron chi connectivity index (χ2n) is 6.96. The topological polar surface area (TPSA) is 69.7 Å². The molecule has 118 valence electrons. The summed E-state index contributed by atoms with van der Waals surface area (Å²) in [6.07, 6.45) is 0.966. The molecule has 2 rings (SSSR count). The van der Waals surface area contributed by atoms with Gasteiger partial charge in [0.2, 0.25) is 0 Å². The summed E-state index contributed by atoms with van der Waals surface area (Å²) in [7, 11) is 0. The molecular weight excluding hydrogens is 264 g/mol. The van der Waals surface area contributed by atoms with E-state index in [4.69, 9.17) is 10.8 Å². The van der Waals surface area contributed by atoms with Crippen LogP contribution >= 0.6 is 0 Å². The predicted octanol–water partition coefficient (Wildman–Crippen LogP) is 2.41. The van der Waals surface area contributed by atoms with E-state index in [2.05, 4.69) is 37.8 Å². The molecule has 0 aliphatic carbocycles. The van der Waals surface area contributed by atoms with E-state index in [0.29, 0.717) is 12.3 Å². The van der Waals surface area contributed by atoms with Crippen LogP contribution in [0, 0.1) is 6.92 Å². The van der Waals surface area contributed by atoms with Crippen LogP contribution in [-0.2, 0) is 0 Å². The Balaban J connectivity index is 2.38. The average molecular weight is 292 g/mol. The minimum atomic E-state index is -0.654. The quantitative estimate of drug-likeness (QED) is 0.745. The third kappa shape index (κ3) is 3.16. The summed E-state index contributed by atoms with van der Waals surface area (Å²) in [5.74, 6) is 0.469. The number of fused-ring (bicyclic) bond motifs is 1. The molecule has 2 unspecified atom stereocenters. The lowest BCUT2D eigenvalue weighted by atomic mass is 9.79. The fourth-order valence-corrected chi connectivity index (χ4v) is 3.44. The van der Waals surface area contributed by atoms with Crippen LogP contribution in [0.15, 0.2) is 12.1 Å². The van der Waals surface area contributed by atoms with Gasteiger partial charge in [0.1, 0.15) is 0 Å². The number of hydrogen-bond donors (Lipinski definition) is 3. The molecule has 1 aliphatic heterocycles. The SMILES string of the molecule is Cc1cc2c(cc1N)C(C)CC(C)(C)N2CCC(O)CO. The molecule has 1 aromatic rings. The molecule has 1 aromatic carbocycles. The van der Waals surface area contributed by atoms with Gasteiger partial charge in [-0.2, -0.15) is 0 Å². The number of nitrogens with zero attached hydrogens (tertiary/aromatic N) is 1. The van der Waals surface area contributed by atoms with E-state index in [1.54, 1.807) is 0 Å². The van der Waals surface area contributed by atoms with Crippen molar-refractivity contribution in [1.82, 2.24) is 0 Å². The summed E-state index contributed by atoms with van der Waals surface area (Å²) >= 11 is 0. The van der Waals surface area contributed by atoms with Gasteiger partial charge in [0, 0.05) is 23.5 Å². The summed E-state index contributed by atoms with van der Waals surface area (Å²) in [4.78, 5) is 2.35. The van der Waals surface area contributed by atoms with Crippen molar-refractivity contribution in [2.75, 3.05) is 23.8 Å². The van der Waals surface area contributed by atoms with Crippen LogP contribution in [0.3, 0.4) is 0 Å². The molecule has 0 saturated carbocycles. The molecule has 0 fully saturated rings. The molecule has 0 aromatic heterocycles. The molecule has 0 spiro atoms. The Morgan fingerprint density at radius 2 is 2.10 bits per heavy atom. The van der Waals surface area contributed by atoms with Crippen LogP contribution in [0.2, 0.25) is 0 Å². The summed E-state index contributed by atoms with van der Waals surface area (Å²) in [5.41, 5.74) is 10.5. The van der Waals surface area contributed by atoms with Gasteiger partial charge in [0.15, 0.2) is 0 Å². The highest BCUT2D eigenvalue weighted by atomic mass is 16.3. The average Bonchev–Trinajstić information content (AvgIpc) is 2.39. The van der Waals surface area contributed by atoms with Crippen molar-refractivity contribution >= 4 is 11.4 Å². The van der Waals surface area contributed by atoms with Crippen LogP contribution in [-0.4, -0.2) is 35.0 Å². The predicted molar refractivity (Wildman–Crippen MR) is 87.8 cm³/mol. The number of aliphatic hydroxyl groups is 2. The first-order valence-electron chi connectivity index (χ1n) is 7.73. The lowest BCUT2D eigenvalue weighted by Gasteiger charge is -2.48. The molecule has 4 heteroatoms. The van der Waals surface area contributed by atoms with E-state index in [-0.39, 0.29) is 12.1 Å². The third-order valence-electron chi connectivity index (χ3n) is 4.67. The monoisotopic (exact) mass is 292 g/mol. The molecule has 0 amide bonds. The Bertz CT molecular complexity index is 514. The van der Waals surface area contributed by atoms with Crippen molar-refractivity contribution in [2.24, 2.45) is 0 Å². The van der Waals surface area contributed by atoms with Crippen LogP contribution < -0.4 is 10.6 Å². The minimum Gasteiger partial charge on any atom is -0.399 e. The molecule has 1 aliphatic rings. The number of hydrogen-bond acceptors (Lipinski definition) is 4. The van der Waals surface area contributed by atoms with Crippen LogP contribution in [0.5, 0.6) is 0 Å². The molecule has 0 radical (unpaired) electrons. The molecule has 21 heavy (non-hydrogen) atoms.